The fraction of sp³-hybridized carbons (Fsp3) is 1.00. The Labute approximate surface area is 75.1 Å². The van der Waals surface area contributed by atoms with Crippen LogP contribution in [0.1, 0.15) is 39.0 Å². The molecule has 1 aliphatic carbocycles. The summed E-state index contributed by atoms with van der Waals surface area (Å²) in [5.41, 5.74) is 0. The Balaban J connectivity index is 1.90. The monoisotopic (exact) mass is 168 g/mol. The first kappa shape index (κ1) is 8.52. The largest absolute Gasteiger partial charge is 0.311 e. The molecule has 70 valence electrons. The highest BCUT2D eigenvalue weighted by molar-refractivity contribution is 4.93. The molecule has 2 N–H and O–H groups in total. The summed E-state index contributed by atoms with van der Waals surface area (Å²) < 4.78 is 0. The maximum absolute atomic E-state index is 3.74. The van der Waals surface area contributed by atoms with E-state index in [1.165, 1.54) is 38.6 Å². The maximum atomic E-state index is 3.74. The Morgan fingerprint density at radius 1 is 1.17 bits per heavy atom. The van der Waals surface area contributed by atoms with Crippen LogP contribution in [0.3, 0.4) is 0 Å². The first-order chi connectivity index (χ1) is 5.90. The van der Waals surface area contributed by atoms with Crippen molar-refractivity contribution in [3.8, 4) is 0 Å². The smallest absolute Gasteiger partial charge is 0.0224 e. The van der Waals surface area contributed by atoms with E-state index in [2.05, 4.69) is 17.6 Å². The molecule has 0 aromatic rings. The van der Waals surface area contributed by atoms with Crippen molar-refractivity contribution in [2.45, 2.75) is 57.2 Å². The maximum Gasteiger partial charge on any atom is 0.0224 e. The summed E-state index contributed by atoms with van der Waals surface area (Å²) in [7, 11) is 0. The molecule has 2 heteroatoms. The molecule has 2 rings (SSSR count). The zero-order valence-corrected chi connectivity index (χ0v) is 7.97. The van der Waals surface area contributed by atoms with Crippen molar-refractivity contribution in [3.05, 3.63) is 0 Å². The molecule has 2 nitrogen and oxygen atoms in total. The molecule has 0 radical (unpaired) electrons. The number of fused-ring (bicyclic) bond motifs is 1. The zero-order chi connectivity index (χ0) is 8.39. The van der Waals surface area contributed by atoms with Crippen LogP contribution in [0.5, 0.6) is 0 Å². The minimum Gasteiger partial charge on any atom is -0.311 e. The average molecular weight is 168 g/mol. The molecule has 1 aliphatic heterocycles. The van der Waals surface area contributed by atoms with Crippen molar-refractivity contribution in [1.82, 2.24) is 10.6 Å². The highest BCUT2D eigenvalue weighted by atomic mass is 15.1. The van der Waals surface area contributed by atoms with E-state index in [4.69, 9.17) is 0 Å². The predicted molar refractivity (Wildman–Crippen MR) is 51.3 cm³/mol. The summed E-state index contributed by atoms with van der Waals surface area (Å²) in [6.45, 7) is 3.44. The Morgan fingerprint density at radius 2 is 1.92 bits per heavy atom. The number of nitrogens with one attached hydrogen (secondary N) is 2. The Bertz CT molecular complexity index is 147. The van der Waals surface area contributed by atoms with E-state index in [0.29, 0.717) is 0 Å². The van der Waals surface area contributed by atoms with Gasteiger partial charge in [0.2, 0.25) is 0 Å². The second-order valence-corrected chi connectivity index (χ2v) is 4.18. The number of rotatable bonds is 1. The molecule has 1 saturated carbocycles. The van der Waals surface area contributed by atoms with Crippen molar-refractivity contribution in [3.63, 3.8) is 0 Å². The molecular weight excluding hydrogens is 148 g/mol. The van der Waals surface area contributed by atoms with Gasteiger partial charge in [-0.05, 0) is 19.3 Å². The molecule has 0 aromatic carbocycles. The fourth-order valence-corrected chi connectivity index (χ4v) is 2.49. The van der Waals surface area contributed by atoms with E-state index in [0.717, 1.165) is 18.1 Å². The summed E-state index contributed by atoms with van der Waals surface area (Å²) in [5, 5.41) is 7.40. The van der Waals surface area contributed by atoms with Gasteiger partial charge in [0.1, 0.15) is 0 Å². The molecule has 2 fully saturated rings. The van der Waals surface area contributed by atoms with Gasteiger partial charge in [-0.2, -0.15) is 0 Å². The lowest BCUT2D eigenvalue weighted by Gasteiger charge is -2.41. The van der Waals surface area contributed by atoms with Gasteiger partial charge in [0.25, 0.3) is 0 Å². The number of hydrogen-bond acceptors (Lipinski definition) is 2. The van der Waals surface area contributed by atoms with Gasteiger partial charge >= 0.3 is 0 Å². The zero-order valence-electron chi connectivity index (χ0n) is 7.97. The van der Waals surface area contributed by atoms with E-state index in [9.17, 15) is 0 Å². The molecule has 1 heterocycles. The van der Waals surface area contributed by atoms with Crippen molar-refractivity contribution in [2.24, 2.45) is 0 Å². The Morgan fingerprint density at radius 3 is 2.67 bits per heavy atom. The second-order valence-electron chi connectivity index (χ2n) is 4.18. The van der Waals surface area contributed by atoms with Crippen molar-refractivity contribution in [2.75, 3.05) is 6.54 Å². The van der Waals surface area contributed by atoms with Crippen LogP contribution >= 0.6 is 0 Å². The third kappa shape index (κ3) is 1.64. The van der Waals surface area contributed by atoms with E-state index >= 15 is 0 Å². The van der Waals surface area contributed by atoms with Crippen molar-refractivity contribution >= 4 is 0 Å². The second kappa shape index (κ2) is 3.75. The van der Waals surface area contributed by atoms with E-state index in [1.54, 1.807) is 0 Å². The molecule has 0 spiro atoms. The SMILES string of the molecule is CCC1CNC2CCCCC2N1. The quantitative estimate of drug-likeness (QED) is 0.616. The molecule has 1 saturated heterocycles. The highest BCUT2D eigenvalue weighted by Gasteiger charge is 2.30. The lowest BCUT2D eigenvalue weighted by Crippen LogP contribution is -2.61. The number of piperazine rings is 1. The van der Waals surface area contributed by atoms with Crippen molar-refractivity contribution in [1.29, 1.82) is 0 Å². The van der Waals surface area contributed by atoms with Gasteiger partial charge in [-0.1, -0.05) is 19.8 Å². The Kier molecular flexibility index (Phi) is 2.66. The lowest BCUT2D eigenvalue weighted by atomic mass is 9.87. The molecule has 3 atom stereocenters. The summed E-state index contributed by atoms with van der Waals surface area (Å²) in [6, 6.07) is 2.28. The van der Waals surface area contributed by atoms with Crippen LogP contribution in [0, 0.1) is 0 Å². The summed E-state index contributed by atoms with van der Waals surface area (Å²) in [5.74, 6) is 0. The highest BCUT2D eigenvalue weighted by Crippen LogP contribution is 2.21. The normalized spacial score (nSPS) is 42.2. The number of hydrogen-bond donors (Lipinski definition) is 2. The van der Waals surface area contributed by atoms with Gasteiger partial charge in [-0.3, -0.25) is 0 Å². The van der Waals surface area contributed by atoms with Gasteiger partial charge < -0.3 is 10.6 Å². The molecule has 2 aliphatic rings. The first-order valence-corrected chi connectivity index (χ1v) is 5.39. The lowest BCUT2D eigenvalue weighted by molar-refractivity contribution is 0.210. The Hall–Kier alpha value is -0.0800. The molecule has 0 bridgehead atoms. The minimum atomic E-state index is 0.726. The molecular formula is C10H20N2. The minimum absolute atomic E-state index is 0.726. The van der Waals surface area contributed by atoms with Crippen LogP contribution in [0.4, 0.5) is 0 Å². The topological polar surface area (TPSA) is 24.1 Å². The third-order valence-electron chi connectivity index (χ3n) is 3.33. The fourth-order valence-electron chi connectivity index (χ4n) is 2.49. The van der Waals surface area contributed by atoms with E-state index in [-0.39, 0.29) is 0 Å². The summed E-state index contributed by atoms with van der Waals surface area (Å²) in [6.07, 6.45) is 6.87. The van der Waals surface area contributed by atoms with E-state index < -0.39 is 0 Å². The molecule has 0 amide bonds. The predicted octanol–water partition coefficient (Wildman–Crippen LogP) is 1.27. The van der Waals surface area contributed by atoms with Gasteiger partial charge in [-0.15, -0.1) is 0 Å². The van der Waals surface area contributed by atoms with Crippen LogP contribution in [0.25, 0.3) is 0 Å². The molecule has 3 unspecified atom stereocenters. The van der Waals surface area contributed by atoms with Crippen LogP contribution in [0.2, 0.25) is 0 Å². The first-order valence-electron chi connectivity index (χ1n) is 5.39. The van der Waals surface area contributed by atoms with Gasteiger partial charge in [-0.25, -0.2) is 0 Å². The summed E-state index contributed by atoms with van der Waals surface area (Å²) in [4.78, 5) is 0. The van der Waals surface area contributed by atoms with Crippen LogP contribution in [0.15, 0.2) is 0 Å². The van der Waals surface area contributed by atoms with Crippen LogP contribution in [-0.4, -0.2) is 24.7 Å². The van der Waals surface area contributed by atoms with Gasteiger partial charge in [0.15, 0.2) is 0 Å². The van der Waals surface area contributed by atoms with Crippen LogP contribution < -0.4 is 10.6 Å². The molecule has 12 heavy (non-hydrogen) atoms. The van der Waals surface area contributed by atoms with Crippen LogP contribution in [-0.2, 0) is 0 Å². The van der Waals surface area contributed by atoms with Crippen molar-refractivity contribution < 1.29 is 0 Å². The van der Waals surface area contributed by atoms with E-state index in [1.807, 2.05) is 0 Å². The van der Waals surface area contributed by atoms with Gasteiger partial charge in [0.05, 0.1) is 0 Å². The standard InChI is InChI=1S/C10H20N2/c1-2-8-7-11-9-5-3-4-6-10(9)12-8/h8-12H,2-7H2,1H3. The average Bonchev–Trinajstić information content (AvgIpc) is 2.17. The third-order valence-corrected chi connectivity index (χ3v) is 3.33. The van der Waals surface area contributed by atoms with Gasteiger partial charge in [0, 0.05) is 24.7 Å². The summed E-state index contributed by atoms with van der Waals surface area (Å²) >= 11 is 0. The molecule has 0 aromatic heterocycles.